The molecule has 0 aliphatic rings. The molecule has 9 heteroatoms. The van der Waals surface area contributed by atoms with Crippen LogP contribution in [0.5, 0.6) is 5.75 Å². The number of amides is 2. The molecule has 2 aromatic heterocycles. The topological polar surface area (TPSA) is 98.1 Å². The Hall–Kier alpha value is -3.20. The van der Waals surface area contributed by atoms with Gasteiger partial charge in [-0.25, -0.2) is 4.98 Å². The molecular weight excluding hydrogens is 378 g/mol. The van der Waals surface area contributed by atoms with Gasteiger partial charge in [0.05, 0.1) is 18.8 Å². The van der Waals surface area contributed by atoms with Crippen LogP contribution in [0, 0.1) is 6.92 Å². The van der Waals surface area contributed by atoms with Crippen LogP contribution in [-0.2, 0) is 11.3 Å². The maximum atomic E-state index is 12.5. The zero-order valence-corrected chi connectivity index (χ0v) is 16.6. The van der Waals surface area contributed by atoms with Gasteiger partial charge in [0.15, 0.2) is 0 Å². The van der Waals surface area contributed by atoms with E-state index in [-0.39, 0.29) is 30.1 Å². The first-order chi connectivity index (χ1) is 13.5. The van der Waals surface area contributed by atoms with Gasteiger partial charge in [0, 0.05) is 17.8 Å². The van der Waals surface area contributed by atoms with E-state index in [2.05, 4.69) is 20.7 Å². The fourth-order valence-corrected chi connectivity index (χ4v) is 3.39. The zero-order chi connectivity index (χ0) is 20.1. The molecule has 0 radical (unpaired) electrons. The van der Waals surface area contributed by atoms with Crippen LogP contribution in [0.15, 0.2) is 42.0 Å². The Morgan fingerprint density at radius 3 is 2.89 bits per heavy atom. The number of methoxy groups -OCH3 is 1. The van der Waals surface area contributed by atoms with Gasteiger partial charge in [-0.05, 0) is 37.6 Å². The number of nitrogens with one attached hydrogen (secondary N) is 2. The number of hydrogen-bond donors (Lipinski definition) is 2. The maximum Gasteiger partial charge on any atom is 0.275 e. The van der Waals surface area contributed by atoms with E-state index in [1.54, 1.807) is 37.0 Å². The fourth-order valence-electron chi connectivity index (χ4n) is 2.59. The number of nitrogens with zero attached hydrogens (tertiary/aromatic N) is 3. The Bertz CT molecular complexity index is 968. The van der Waals surface area contributed by atoms with E-state index in [0.717, 1.165) is 5.56 Å². The van der Waals surface area contributed by atoms with E-state index in [1.165, 1.54) is 16.0 Å². The van der Waals surface area contributed by atoms with Gasteiger partial charge in [0.1, 0.15) is 23.0 Å². The second kappa shape index (κ2) is 8.66. The number of ether oxygens (including phenoxy) is 1. The number of hydrogen-bond acceptors (Lipinski definition) is 6. The molecule has 0 spiro atoms. The molecule has 1 aromatic carbocycles. The van der Waals surface area contributed by atoms with Gasteiger partial charge in [-0.1, -0.05) is 6.07 Å². The number of rotatable bonds is 7. The minimum absolute atomic E-state index is 0.128. The van der Waals surface area contributed by atoms with Crippen LogP contribution in [0.4, 0.5) is 5.69 Å². The number of carbonyl (C=O) groups excluding carboxylic acids is 2. The monoisotopic (exact) mass is 399 g/mol. The standard InChI is InChI=1S/C19H21N5O3S/c1-12-5-6-16(27-3)14(9-12)22-18(26)15-11-28-19(23-15)13(2)21-17(25)10-24-8-4-7-20-24/h4-9,11,13H,10H2,1-3H3,(H,21,25)(H,22,26)/t13-/m0/s1. The van der Waals surface area contributed by atoms with Crippen LogP contribution < -0.4 is 15.4 Å². The van der Waals surface area contributed by atoms with Crippen LogP contribution in [0.25, 0.3) is 0 Å². The van der Waals surface area contributed by atoms with E-state index in [0.29, 0.717) is 16.4 Å². The highest BCUT2D eigenvalue weighted by atomic mass is 32.1. The van der Waals surface area contributed by atoms with Gasteiger partial charge in [0.2, 0.25) is 5.91 Å². The molecule has 1 atom stereocenters. The highest BCUT2D eigenvalue weighted by molar-refractivity contribution is 7.09. The Kier molecular flexibility index (Phi) is 6.05. The van der Waals surface area contributed by atoms with Gasteiger partial charge in [-0.2, -0.15) is 5.10 Å². The van der Waals surface area contributed by atoms with Gasteiger partial charge in [0.25, 0.3) is 5.91 Å². The summed E-state index contributed by atoms with van der Waals surface area (Å²) in [4.78, 5) is 29.0. The molecular formula is C19H21N5O3S. The molecule has 0 fully saturated rings. The number of aromatic nitrogens is 3. The van der Waals surface area contributed by atoms with Crippen LogP contribution in [0.1, 0.15) is 34.0 Å². The summed E-state index contributed by atoms with van der Waals surface area (Å²) in [7, 11) is 1.55. The molecule has 146 valence electrons. The third kappa shape index (κ3) is 4.74. The Morgan fingerprint density at radius 2 is 2.18 bits per heavy atom. The highest BCUT2D eigenvalue weighted by Crippen LogP contribution is 2.26. The number of aryl methyl sites for hydroxylation is 1. The molecule has 0 saturated heterocycles. The maximum absolute atomic E-state index is 12.5. The van der Waals surface area contributed by atoms with E-state index in [1.807, 2.05) is 26.0 Å². The SMILES string of the molecule is COc1ccc(C)cc1NC(=O)c1csc([C@H](C)NC(=O)Cn2cccn2)n1. The van der Waals surface area contributed by atoms with Crippen molar-refractivity contribution in [3.8, 4) is 5.75 Å². The molecule has 2 N–H and O–H groups in total. The lowest BCUT2D eigenvalue weighted by molar-refractivity contribution is -0.122. The molecule has 2 heterocycles. The minimum Gasteiger partial charge on any atom is -0.495 e. The van der Waals surface area contributed by atoms with Crippen molar-refractivity contribution in [3.63, 3.8) is 0 Å². The second-order valence-corrected chi connectivity index (χ2v) is 7.11. The van der Waals surface area contributed by atoms with Crippen LogP contribution in [0.2, 0.25) is 0 Å². The van der Waals surface area contributed by atoms with Crippen molar-refractivity contribution >= 4 is 28.8 Å². The fraction of sp³-hybridized carbons (Fsp3) is 0.263. The van der Waals surface area contributed by atoms with Gasteiger partial charge in [-0.15, -0.1) is 11.3 Å². The predicted molar refractivity (Wildman–Crippen MR) is 107 cm³/mol. The predicted octanol–water partition coefficient (Wildman–Crippen LogP) is 2.79. The molecule has 3 rings (SSSR count). The van der Waals surface area contributed by atoms with Gasteiger partial charge >= 0.3 is 0 Å². The summed E-state index contributed by atoms with van der Waals surface area (Å²) in [5.41, 5.74) is 1.88. The molecule has 0 saturated carbocycles. The summed E-state index contributed by atoms with van der Waals surface area (Å²) in [5, 5.41) is 12.0. The van der Waals surface area contributed by atoms with E-state index >= 15 is 0 Å². The third-order valence-electron chi connectivity index (χ3n) is 3.97. The summed E-state index contributed by atoms with van der Waals surface area (Å²) in [5.74, 6) is 0.0667. The lowest BCUT2D eigenvalue weighted by Gasteiger charge is -2.11. The van der Waals surface area contributed by atoms with Crippen LogP contribution in [-0.4, -0.2) is 33.7 Å². The summed E-state index contributed by atoms with van der Waals surface area (Å²) in [6.07, 6.45) is 3.33. The van der Waals surface area contributed by atoms with Crippen molar-refractivity contribution in [3.05, 3.63) is 58.3 Å². The second-order valence-electron chi connectivity index (χ2n) is 6.22. The van der Waals surface area contributed by atoms with E-state index < -0.39 is 0 Å². The van der Waals surface area contributed by atoms with E-state index in [4.69, 9.17) is 4.74 Å². The number of carbonyl (C=O) groups is 2. The molecule has 2 amide bonds. The van der Waals surface area contributed by atoms with Crippen molar-refractivity contribution < 1.29 is 14.3 Å². The average molecular weight is 399 g/mol. The molecule has 3 aromatic rings. The first kappa shape index (κ1) is 19.6. The summed E-state index contributed by atoms with van der Waals surface area (Å²) in [6.45, 7) is 3.89. The van der Waals surface area contributed by atoms with Crippen LogP contribution >= 0.6 is 11.3 Å². The van der Waals surface area contributed by atoms with Gasteiger partial charge in [-0.3, -0.25) is 14.3 Å². The largest absolute Gasteiger partial charge is 0.495 e. The number of thiazole rings is 1. The van der Waals surface area contributed by atoms with Crippen molar-refractivity contribution in [1.82, 2.24) is 20.1 Å². The lowest BCUT2D eigenvalue weighted by Crippen LogP contribution is -2.30. The molecule has 0 aliphatic carbocycles. The smallest absolute Gasteiger partial charge is 0.275 e. The Balaban J connectivity index is 1.63. The number of benzene rings is 1. The summed E-state index contributed by atoms with van der Waals surface area (Å²) < 4.78 is 6.82. The minimum atomic E-state index is -0.332. The highest BCUT2D eigenvalue weighted by Gasteiger charge is 2.18. The normalized spacial score (nSPS) is 11.7. The van der Waals surface area contributed by atoms with Crippen molar-refractivity contribution in [2.75, 3.05) is 12.4 Å². The van der Waals surface area contributed by atoms with Crippen molar-refractivity contribution in [1.29, 1.82) is 0 Å². The number of anilines is 1. The van der Waals surface area contributed by atoms with E-state index in [9.17, 15) is 9.59 Å². The quantitative estimate of drug-likeness (QED) is 0.637. The zero-order valence-electron chi connectivity index (χ0n) is 15.8. The Labute approximate surface area is 166 Å². The summed E-state index contributed by atoms with van der Waals surface area (Å²) >= 11 is 1.32. The lowest BCUT2D eigenvalue weighted by atomic mass is 10.2. The summed E-state index contributed by atoms with van der Waals surface area (Å²) in [6, 6.07) is 6.98. The van der Waals surface area contributed by atoms with Crippen LogP contribution in [0.3, 0.4) is 0 Å². The molecule has 8 nitrogen and oxygen atoms in total. The first-order valence-corrected chi connectivity index (χ1v) is 9.52. The average Bonchev–Trinajstić information content (AvgIpc) is 3.33. The molecule has 0 unspecified atom stereocenters. The van der Waals surface area contributed by atoms with Gasteiger partial charge < -0.3 is 15.4 Å². The van der Waals surface area contributed by atoms with Crippen molar-refractivity contribution in [2.45, 2.75) is 26.4 Å². The molecule has 28 heavy (non-hydrogen) atoms. The molecule has 0 aliphatic heterocycles. The Morgan fingerprint density at radius 1 is 1.36 bits per heavy atom. The van der Waals surface area contributed by atoms with Crippen molar-refractivity contribution in [2.24, 2.45) is 0 Å². The third-order valence-corrected chi connectivity index (χ3v) is 5.00. The first-order valence-electron chi connectivity index (χ1n) is 8.64. The molecule has 0 bridgehead atoms.